The zero-order valence-electron chi connectivity index (χ0n) is 9.89. The van der Waals surface area contributed by atoms with Crippen LogP contribution in [0.1, 0.15) is 52.4 Å². The van der Waals surface area contributed by atoms with Crippen molar-refractivity contribution in [3.8, 4) is 0 Å². The van der Waals surface area contributed by atoms with E-state index in [-0.39, 0.29) is 5.54 Å². The average Bonchev–Trinajstić information content (AvgIpc) is 2.15. The molecule has 1 aliphatic rings. The Morgan fingerprint density at radius 2 is 1.93 bits per heavy atom. The summed E-state index contributed by atoms with van der Waals surface area (Å²) in [5, 5.41) is 0. The number of hydrogen-bond donors (Lipinski definition) is 1. The third-order valence-electron chi connectivity index (χ3n) is 3.55. The van der Waals surface area contributed by atoms with Crippen LogP contribution in [0.4, 0.5) is 0 Å². The van der Waals surface area contributed by atoms with E-state index >= 15 is 0 Å². The molecule has 1 aliphatic carbocycles. The Hall–Kier alpha value is -0.0800. The Morgan fingerprint density at radius 3 is 2.36 bits per heavy atom. The van der Waals surface area contributed by atoms with E-state index in [2.05, 4.69) is 18.7 Å². The minimum atomic E-state index is 0.208. The van der Waals surface area contributed by atoms with E-state index in [0.29, 0.717) is 0 Å². The number of nitrogens with zero attached hydrogens (tertiary/aromatic N) is 1. The highest BCUT2D eigenvalue weighted by atomic mass is 15.1. The molecule has 0 unspecified atom stereocenters. The molecular weight excluding hydrogens is 172 g/mol. The largest absolute Gasteiger partial charge is 0.325 e. The quantitative estimate of drug-likeness (QED) is 0.680. The SMILES string of the molecule is CCCCN(CC)CCC1(N)CCC1. The molecule has 0 heterocycles. The standard InChI is InChI=1S/C12H26N2/c1-3-5-10-14(4-2)11-9-12(13)7-6-8-12/h3-11,13H2,1-2H3. The van der Waals surface area contributed by atoms with Crippen LogP contribution in [0.3, 0.4) is 0 Å². The molecule has 14 heavy (non-hydrogen) atoms. The Labute approximate surface area is 88.8 Å². The number of unbranched alkanes of at least 4 members (excludes halogenated alkanes) is 1. The zero-order chi connectivity index (χ0) is 10.4. The molecule has 0 spiro atoms. The number of rotatable bonds is 7. The number of nitrogens with two attached hydrogens (primary N) is 1. The summed E-state index contributed by atoms with van der Waals surface area (Å²) in [6, 6.07) is 0. The van der Waals surface area contributed by atoms with Gasteiger partial charge in [0.2, 0.25) is 0 Å². The van der Waals surface area contributed by atoms with Crippen molar-refractivity contribution in [1.82, 2.24) is 4.90 Å². The molecule has 0 bridgehead atoms. The lowest BCUT2D eigenvalue weighted by atomic mass is 9.75. The maximum Gasteiger partial charge on any atom is 0.0166 e. The van der Waals surface area contributed by atoms with Crippen molar-refractivity contribution in [3.63, 3.8) is 0 Å². The minimum absolute atomic E-state index is 0.208. The molecule has 1 fully saturated rings. The molecular formula is C12H26N2. The maximum absolute atomic E-state index is 6.21. The van der Waals surface area contributed by atoms with E-state index in [4.69, 9.17) is 5.73 Å². The van der Waals surface area contributed by atoms with Crippen molar-refractivity contribution >= 4 is 0 Å². The molecule has 2 heteroatoms. The molecule has 0 radical (unpaired) electrons. The molecule has 84 valence electrons. The van der Waals surface area contributed by atoms with Gasteiger partial charge in [0.1, 0.15) is 0 Å². The fraction of sp³-hybridized carbons (Fsp3) is 1.00. The zero-order valence-corrected chi connectivity index (χ0v) is 9.89. The van der Waals surface area contributed by atoms with Crippen LogP contribution in [0, 0.1) is 0 Å². The van der Waals surface area contributed by atoms with Crippen molar-refractivity contribution in [2.45, 2.75) is 57.9 Å². The molecule has 1 rings (SSSR count). The van der Waals surface area contributed by atoms with E-state index in [1.807, 2.05) is 0 Å². The minimum Gasteiger partial charge on any atom is -0.325 e. The van der Waals surface area contributed by atoms with Gasteiger partial charge < -0.3 is 10.6 Å². The first-order valence-electron chi connectivity index (χ1n) is 6.21. The summed E-state index contributed by atoms with van der Waals surface area (Å²) in [5.41, 5.74) is 6.42. The van der Waals surface area contributed by atoms with Crippen molar-refractivity contribution in [2.24, 2.45) is 5.73 Å². The lowest BCUT2D eigenvalue weighted by Gasteiger charge is -2.39. The van der Waals surface area contributed by atoms with Crippen LogP contribution in [0.25, 0.3) is 0 Å². The van der Waals surface area contributed by atoms with E-state index in [1.165, 1.54) is 58.2 Å². The molecule has 0 aliphatic heterocycles. The Bertz CT molecular complexity index is 152. The molecule has 0 aromatic carbocycles. The van der Waals surface area contributed by atoms with Crippen LogP contribution < -0.4 is 5.73 Å². The fourth-order valence-electron chi connectivity index (χ4n) is 2.07. The Morgan fingerprint density at radius 1 is 1.21 bits per heavy atom. The summed E-state index contributed by atoms with van der Waals surface area (Å²) in [7, 11) is 0. The van der Waals surface area contributed by atoms with Gasteiger partial charge in [-0.2, -0.15) is 0 Å². The summed E-state index contributed by atoms with van der Waals surface area (Å²) < 4.78 is 0. The summed E-state index contributed by atoms with van der Waals surface area (Å²) in [5.74, 6) is 0. The van der Waals surface area contributed by atoms with Gasteiger partial charge in [0.15, 0.2) is 0 Å². The van der Waals surface area contributed by atoms with Gasteiger partial charge in [-0.15, -0.1) is 0 Å². The third kappa shape index (κ3) is 3.58. The first-order valence-corrected chi connectivity index (χ1v) is 6.21. The molecule has 0 atom stereocenters. The van der Waals surface area contributed by atoms with Gasteiger partial charge in [-0.3, -0.25) is 0 Å². The van der Waals surface area contributed by atoms with Crippen LogP contribution in [-0.2, 0) is 0 Å². The summed E-state index contributed by atoms with van der Waals surface area (Å²) in [4.78, 5) is 2.54. The molecule has 2 nitrogen and oxygen atoms in total. The molecule has 0 saturated heterocycles. The molecule has 0 amide bonds. The van der Waals surface area contributed by atoms with Gasteiger partial charge in [-0.05, 0) is 51.7 Å². The second-order valence-corrected chi connectivity index (χ2v) is 4.75. The van der Waals surface area contributed by atoms with E-state index in [0.717, 1.165) is 0 Å². The summed E-state index contributed by atoms with van der Waals surface area (Å²) in [6.45, 7) is 8.13. The monoisotopic (exact) mass is 198 g/mol. The van der Waals surface area contributed by atoms with Crippen molar-refractivity contribution in [2.75, 3.05) is 19.6 Å². The van der Waals surface area contributed by atoms with Crippen molar-refractivity contribution in [3.05, 3.63) is 0 Å². The third-order valence-corrected chi connectivity index (χ3v) is 3.55. The van der Waals surface area contributed by atoms with Gasteiger partial charge in [-0.1, -0.05) is 20.3 Å². The van der Waals surface area contributed by atoms with Crippen LogP contribution in [0.5, 0.6) is 0 Å². The van der Waals surface area contributed by atoms with Crippen LogP contribution >= 0.6 is 0 Å². The van der Waals surface area contributed by atoms with Crippen LogP contribution in [-0.4, -0.2) is 30.1 Å². The highest BCUT2D eigenvalue weighted by Crippen LogP contribution is 2.32. The molecule has 0 aromatic heterocycles. The van der Waals surface area contributed by atoms with E-state index in [9.17, 15) is 0 Å². The number of hydrogen-bond acceptors (Lipinski definition) is 2. The highest BCUT2D eigenvalue weighted by molar-refractivity contribution is 4.92. The van der Waals surface area contributed by atoms with Gasteiger partial charge in [0, 0.05) is 5.54 Å². The van der Waals surface area contributed by atoms with E-state index in [1.54, 1.807) is 0 Å². The van der Waals surface area contributed by atoms with Gasteiger partial charge in [0.05, 0.1) is 0 Å². The smallest absolute Gasteiger partial charge is 0.0166 e. The lowest BCUT2D eigenvalue weighted by Crippen LogP contribution is -2.48. The first kappa shape index (κ1) is 12.0. The van der Waals surface area contributed by atoms with Crippen LogP contribution in [0.15, 0.2) is 0 Å². The fourth-order valence-corrected chi connectivity index (χ4v) is 2.07. The Kier molecular flexibility index (Phi) is 4.90. The van der Waals surface area contributed by atoms with Crippen LogP contribution in [0.2, 0.25) is 0 Å². The van der Waals surface area contributed by atoms with E-state index < -0.39 is 0 Å². The lowest BCUT2D eigenvalue weighted by molar-refractivity contribution is 0.184. The average molecular weight is 198 g/mol. The second-order valence-electron chi connectivity index (χ2n) is 4.75. The first-order chi connectivity index (χ1) is 6.70. The van der Waals surface area contributed by atoms with Gasteiger partial charge in [-0.25, -0.2) is 0 Å². The summed E-state index contributed by atoms with van der Waals surface area (Å²) >= 11 is 0. The Balaban J connectivity index is 2.13. The van der Waals surface area contributed by atoms with Crippen molar-refractivity contribution in [1.29, 1.82) is 0 Å². The maximum atomic E-state index is 6.21. The predicted octanol–water partition coefficient (Wildman–Crippen LogP) is 2.38. The van der Waals surface area contributed by atoms with Gasteiger partial charge >= 0.3 is 0 Å². The van der Waals surface area contributed by atoms with Crippen molar-refractivity contribution < 1.29 is 0 Å². The topological polar surface area (TPSA) is 29.3 Å². The molecule has 2 N–H and O–H groups in total. The summed E-state index contributed by atoms with van der Waals surface area (Å²) in [6.07, 6.45) is 7.66. The normalized spacial score (nSPS) is 19.7. The van der Waals surface area contributed by atoms with Gasteiger partial charge in [0.25, 0.3) is 0 Å². The predicted molar refractivity (Wildman–Crippen MR) is 62.4 cm³/mol. The molecule has 0 aromatic rings. The molecule has 1 saturated carbocycles. The highest BCUT2D eigenvalue weighted by Gasteiger charge is 2.32. The second kappa shape index (κ2) is 5.72.